The molecule has 120 valence electrons. The van der Waals surface area contributed by atoms with E-state index in [4.69, 9.17) is 9.84 Å². The van der Waals surface area contributed by atoms with Crippen molar-refractivity contribution in [2.45, 2.75) is 50.3 Å². The van der Waals surface area contributed by atoms with Gasteiger partial charge in [0.2, 0.25) is 0 Å². The van der Waals surface area contributed by atoms with Crippen LogP contribution in [-0.2, 0) is 9.53 Å². The van der Waals surface area contributed by atoms with Gasteiger partial charge in [-0.25, -0.2) is 9.59 Å². The van der Waals surface area contributed by atoms with Crippen molar-refractivity contribution in [3.8, 4) is 0 Å². The molecule has 2 aliphatic heterocycles. The van der Waals surface area contributed by atoms with Crippen molar-refractivity contribution in [2.75, 3.05) is 26.8 Å². The highest BCUT2D eigenvalue weighted by Crippen LogP contribution is 2.27. The van der Waals surface area contributed by atoms with Gasteiger partial charge in [0.15, 0.2) is 0 Å². The Morgan fingerprint density at radius 3 is 2.71 bits per heavy atom. The fourth-order valence-electron chi connectivity index (χ4n) is 3.29. The molecule has 2 fully saturated rings. The van der Waals surface area contributed by atoms with Crippen LogP contribution >= 0.6 is 0 Å². The third kappa shape index (κ3) is 3.47. The molecule has 2 heterocycles. The first-order valence-electron chi connectivity index (χ1n) is 7.52. The van der Waals surface area contributed by atoms with E-state index in [1.165, 1.54) is 12.0 Å². The quantitative estimate of drug-likeness (QED) is 0.772. The van der Waals surface area contributed by atoms with Crippen molar-refractivity contribution in [1.82, 2.24) is 9.80 Å². The molecular weight excluding hydrogens is 276 g/mol. The molecule has 0 aromatic heterocycles. The van der Waals surface area contributed by atoms with Crippen molar-refractivity contribution in [3.63, 3.8) is 0 Å². The maximum absolute atomic E-state index is 12.7. The Balaban J connectivity index is 2.05. The summed E-state index contributed by atoms with van der Waals surface area (Å²) in [6.45, 7) is 1.11. The number of carboxylic acid groups (broad SMARTS) is 1. The number of carbonyl (C=O) groups excluding carboxylic acids is 1. The number of likely N-dealkylation sites (tertiary alicyclic amines) is 2. The first-order valence-corrected chi connectivity index (χ1v) is 7.52. The van der Waals surface area contributed by atoms with Crippen molar-refractivity contribution in [2.24, 2.45) is 0 Å². The minimum atomic E-state index is -0.978. The summed E-state index contributed by atoms with van der Waals surface area (Å²) in [5, 5.41) is 18.2. The fraction of sp³-hybridized carbons (Fsp3) is 0.857. The molecule has 2 rings (SSSR count). The largest absolute Gasteiger partial charge is 0.480 e. The lowest BCUT2D eigenvalue weighted by atomic mass is 10.1. The molecule has 2 amide bonds. The number of methoxy groups -OCH3 is 1. The molecule has 21 heavy (non-hydrogen) atoms. The fourth-order valence-corrected chi connectivity index (χ4v) is 3.29. The summed E-state index contributed by atoms with van der Waals surface area (Å²) in [5.41, 5.74) is 0. The number of rotatable bonds is 5. The third-order valence-corrected chi connectivity index (χ3v) is 4.45. The number of hydrogen-bond donors (Lipinski definition) is 2. The van der Waals surface area contributed by atoms with Crippen LogP contribution in [0.4, 0.5) is 4.79 Å². The predicted molar refractivity (Wildman–Crippen MR) is 75.0 cm³/mol. The Hall–Kier alpha value is -1.34. The van der Waals surface area contributed by atoms with E-state index in [0.29, 0.717) is 25.9 Å². The average molecular weight is 300 g/mol. The molecule has 3 atom stereocenters. The molecule has 2 saturated heterocycles. The lowest BCUT2D eigenvalue weighted by Gasteiger charge is -2.31. The summed E-state index contributed by atoms with van der Waals surface area (Å²) in [6.07, 6.45) is 3.41. The number of amides is 2. The maximum Gasteiger partial charge on any atom is 0.326 e. The number of aliphatic hydroxyl groups is 1. The van der Waals surface area contributed by atoms with E-state index in [2.05, 4.69) is 0 Å². The number of ether oxygens (including phenoxy) is 1. The molecule has 0 aromatic rings. The van der Waals surface area contributed by atoms with Gasteiger partial charge in [0, 0.05) is 39.3 Å². The van der Waals surface area contributed by atoms with E-state index in [-0.39, 0.29) is 24.8 Å². The summed E-state index contributed by atoms with van der Waals surface area (Å²) in [6, 6.07) is -0.898. The van der Waals surface area contributed by atoms with Crippen molar-refractivity contribution in [3.05, 3.63) is 0 Å². The summed E-state index contributed by atoms with van der Waals surface area (Å²) in [5.74, 6) is -0.978. The number of urea groups is 1. The van der Waals surface area contributed by atoms with Gasteiger partial charge in [0.25, 0.3) is 0 Å². The molecule has 7 nitrogen and oxygen atoms in total. The van der Waals surface area contributed by atoms with Crippen LogP contribution in [0.5, 0.6) is 0 Å². The van der Waals surface area contributed by atoms with Gasteiger partial charge in [-0.1, -0.05) is 0 Å². The molecule has 0 aromatic carbocycles. The second-order valence-corrected chi connectivity index (χ2v) is 5.74. The molecule has 0 radical (unpaired) electrons. The number of aliphatic carboxylic acids is 1. The van der Waals surface area contributed by atoms with E-state index in [1.54, 1.807) is 4.90 Å². The van der Waals surface area contributed by atoms with Crippen molar-refractivity contribution in [1.29, 1.82) is 0 Å². The first kappa shape index (κ1) is 16.0. The van der Waals surface area contributed by atoms with Crippen molar-refractivity contribution >= 4 is 12.0 Å². The molecule has 2 N–H and O–H groups in total. The number of hydrogen-bond acceptors (Lipinski definition) is 4. The summed E-state index contributed by atoms with van der Waals surface area (Å²) in [4.78, 5) is 27.2. The Morgan fingerprint density at radius 1 is 1.33 bits per heavy atom. The number of carbonyl (C=O) groups is 2. The molecule has 2 aliphatic rings. The topological polar surface area (TPSA) is 90.3 Å². The average Bonchev–Trinajstić information content (AvgIpc) is 3.10. The lowest BCUT2D eigenvalue weighted by Crippen LogP contribution is -2.49. The smallest absolute Gasteiger partial charge is 0.326 e. The van der Waals surface area contributed by atoms with Crippen LogP contribution in [0.15, 0.2) is 0 Å². The van der Waals surface area contributed by atoms with Gasteiger partial charge in [-0.2, -0.15) is 0 Å². The van der Waals surface area contributed by atoms with Crippen LogP contribution in [0.3, 0.4) is 0 Å². The molecule has 0 bridgehead atoms. The van der Waals surface area contributed by atoms with Gasteiger partial charge < -0.3 is 24.7 Å². The number of nitrogens with zero attached hydrogens (tertiary/aromatic N) is 2. The third-order valence-electron chi connectivity index (χ3n) is 4.45. The highest BCUT2D eigenvalue weighted by molar-refractivity contribution is 5.83. The second-order valence-electron chi connectivity index (χ2n) is 5.74. The lowest BCUT2D eigenvalue weighted by molar-refractivity contribution is -0.141. The number of carboxylic acids is 1. The highest BCUT2D eigenvalue weighted by Gasteiger charge is 2.43. The van der Waals surface area contributed by atoms with Gasteiger partial charge in [0.05, 0.1) is 6.10 Å². The van der Waals surface area contributed by atoms with E-state index >= 15 is 0 Å². The van der Waals surface area contributed by atoms with E-state index in [1.807, 2.05) is 0 Å². The Labute approximate surface area is 124 Å². The van der Waals surface area contributed by atoms with Crippen LogP contribution in [-0.4, -0.2) is 77.0 Å². The second kappa shape index (κ2) is 7.09. The van der Waals surface area contributed by atoms with E-state index in [9.17, 15) is 14.7 Å². The molecule has 7 heteroatoms. The monoisotopic (exact) mass is 300 g/mol. The van der Waals surface area contributed by atoms with Gasteiger partial charge in [-0.3, -0.25) is 0 Å². The Morgan fingerprint density at radius 2 is 2.10 bits per heavy atom. The molecular formula is C14H24N2O5. The Bertz CT molecular complexity index is 390. The maximum atomic E-state index is 12.7. The summed E-state index contributed by atoms with van der Waals surface area (Å²) in [7, 11) is 1.54. The zero-order valence-corrected chi connectivity index (χ0v) is 12.4. The van der Waals surface area contributed by atoms with Crippen LogP contribution in [0.1, 0.15) is 32.1 Å². The van der Waals surface area contributed by atoms with E-state index < -0.39 is 12.0 Å². The van der Waals surface area contributed by atoms with Crippen LogP contribution in [0.25, 0.3) is 0 Å². The van der Waals surface area contributed by atoms with Gasteiger partial charge >= 0.3 is 12.0 Å². The minimum absolute atomic E-state index is 0.112. The Kier molecular flexibility index (Phi) is 5.41. The van der Waals surface area contributed by atoms with E-state index in [0.717, 1.165) is 19.3 Å². The molecule has 0 saturated carbocycles. The normalized spacial score (nSPS) is 29.1. The summed E-state index contributed by atoms with van der Waals surface area (Å²) < 4.78 is 5.22. The van der Waals surface area contributed by atoms with Crippen LogP contribution in [0.2, 0.25) is 0 Å². The standard InChI is InChI=1S/C14H24N2O5/c1-21-11-8-12(13(18)19)16(9-11)14(20)15-6-2-4-10(15)5-3-7-17/h10-12,17H,2-9H2,1H3,(H,18,19). The zero-order valence-electron chi connectivity index (χ0n) is 12.4. The minimum Gasteiger partial charge on any atom is -0.480 e. The SMILES string of the molecule is COC1CC(C(=O)O)N(C(=O)N2CCCC2CCCO)C1. The molecule has 0 aliphatic carbocycles. The van der Waals surface area contributed by atoms with Crippen LogP contribution in [0, 0.1) is 0 Å². The zero-order chi connectivity index (χ0) is 15.4. The number of aliphatic hydroxyl groups excluding tert-OH is 1. The molecule has 0 spiro atoms. The summed E-state index contributed by atoms with van der Waals surface area (Å²) >= 11 is 0. The van der Waals surface area contributed by atoms with Gasteiger partial charge in [-0.05, 0) is 25.7 Å². The van der Waals surface area contributed by atoms with Gasteiger partial charge in [-0.15, -0.1) is 0 Å². The van der Waals surface area contributed by atoms with Crippen molar-refractivity contribution < 1.29 is 24.5 Å². The molecule has 3 unspecified atom stereocenters. The highest BCUT2D eigenvalue weighted by atomic mass is 16.5. The predicted octanol–water partition coefficient (Wildman–Crippen LogP) is 0.517. The van der Waals surface area contributed by atoms with Crippen LogP contribution < -0.4 is 0 Å². The van der Waals surface area contributed by atoms with Gasteiger partial charge in [0.1, 0.15) is 6.04 Å². The first-order chi connectivity index (χ1) is 10.1.